The molecule has 0 atom stereocenters. The summed E-state index contributed by atoms with van der Waals surface area (Å²) in [6.45, 7) is 1.57. The molecule has 1 aromatic carbocycles. The Morgan fingerprint density at radius 2 is 2.05 bits per heavy atom. The van der Waals surface area contributed by atoms with E-state index in [0.717, 1.165) is 5.56 Å². The minimum Gasteiger partial charge on any atom is -0.482 e. The van der Waals surface area contributed by atoms with Crippen LogP contribution in [0.5, 0.6) is 0 Å². The van der Waals surface area contributed by atoms with Crippen LogP contribution in [-0.2, 0) is 16.1 Å². The summed E-state index contributed by atoms with van der Waals surface area (Å²) in [4.78, 5) is 22.0. The Morgan fingerprint density at radius 3 is 2.60 bits per heavy atom. The SMILES string of the molecule is C/C(=C(\C=C/N(C)C=O)OCc1ccccc1)[N+](=O)[O-]. The van der Waals surface area contributed by atoms with Crippen LogP contribution in [0.25, 0.3) is 0 Å². The molecular weight excluding hydrogens is 260 g/mol. The first-order valence-electron chi connectivity index (χ1n) is 5.92. The van der Waals surface area contributed by atoms with Crippen molar-refractivity contribution in [1.82, 2.24) is 4.90 Å². The molecule has 0 aliphatic rings. The molecule has 6 heteroatoms. The fourth-order valence-electron chi connectivity index (χ4n) is 1.32. The van der Waals surface area contributed by atoms with Gasteiger partial charge in [-0.2, -0.15) is 0 Å². The van der Waals surface area contributed by atoms with Crippen molar-refractivity contribution in [1.29, 1.82) is 0 Å². The molecule has 0 aromatic heterocycles. The average Bonchev–Trinajstić information content (AvgIpc) is 2.47. The maximum Gasteiger partial charge on any atom is 0.284 e. The smallest absolute Gasteiger partial charge is 0.284 e. The predicted molar refractivity (Wildman–Crippen MR) is 73.9 cm³/mol. The summed E-state index contributed by atoms with van der Waals surface area (Å²) in [6.07, 6.45) is 3.39. The molecule has 0 spiro atoms. The van der Waals surface area contributed by atoms with Crippen molar-refractivity contribution in [3.63, 3.8) is 0 Å². The van der Waals surface area contributed by atoms with Crippen LogP contribution < -0.4 is 0 Å². The molecule has 106 valence electrons. The first-order valence-corrected chi connectivity index (χ1v) is 5.92. The van der Waals surface area contributed by atoms with E-state index in [9.17, 15) is 14.9 Å². The second-order valence-electron chi connectivity index (χ2n) is 4.07. The first kappa shape index (κ1) is 15.4. The van der Waals surface area contributed by atoms with E-state index in [1.807, 2.05) is 30.3 Å². The van der Waals surface area contributed by atoms with Crippen molar-refractivity contribution in [3.8, 4) is 0 Å². The van der Waals surface area contributed by atoms with E-state index >= 15 is 0 Å². The summed E-state index contributed by atoms with van der Waals surface area (Å²) in [5.74, 6) is 0.118. The van der Waals surface area contributed by atoms with Gasteiger partial charge in [0.25, 0.3) is 5.70 Å². The third-order valence-corrected chi connectivity index (χ3v) is 2.49. The molecule has 0 aliphatic carbocycles. The lowest BCUT2D eigenvalue weighted by atomic mass is 10.2. The number of hydrogen-bond donors (Lipinski definition) is 0. The highest BCUT2D eigenvalue weighted by molar-refractivity contribution is 5.48. The van der Waals surface area contributed by atoms with Crippen LogP contribution in [0.1, 0.15) is 12.5 Å². The van der Waals surface area contributed by atoms with Gasteiger partial charge < -0.3 is 9.64 Å². The van der Waals surface area contributed by atoms with Crippen molar-refractivity contribution >= 4 is 6.41 Å². The van der Waals surface area contributed by atoms with E-state index in [1.54, 1.807) is 0 Å². The number of nitrogens with zero attached hydrogens (tertiary/aromatic N) is 2. The van der Waals surface area contributed by atoms with Gasteiger partial charge >= 0.3 is 0 Å². The summed E-state index contributed by atoms with van der Waals surface area (Å²) in [6, 6.07) is 9.32. The Kier molecular flexibility index (Phi) is 5.96. The summed E-state index contributed by atoms with van der Waals surface area (Å²) in [5, 5.41) is 10.8. The second kappa shape index (κ2) is 7.73. The zero-order valence-corrected chi connectivity index (χ0v) is 11.4. The van der Waals surface area contributed by atoms with E-state index in [2.05, 4.69) is 0 Å². The van der Waals surface area contributed by atoms with Crippen LogP contribution >= 0.6 is 0 Å². The number of carbonyl (C=O) groups excluding carboxylic acids is 1. The lowest BCUT2D eigenvalue weighted by molar-refractivity contribution is -0.427. The Bertz CT molecular complexity index is 523. The van der Waals surface area contributed by atoms with Gasteiger partial charge in [0.05, 0.1) is 4.92 Å². The van der Waals surface area contributed by atoms with Gasteiger partial charge in [-0.05, 0) is 5.56 Å². The molecule has 1 aromatic rings. The first-order chi connectivity index (χ1) is 9.54. The fraction of sp³-hybridized carbons (Fsp3) is 0.214. The number of benzene rings is 1. The lowest BCUT2D eigenvalue weighted by Gasteiger charge is -2.08. The van der Waals surface area contributed by atoms with E-state index in [0.29, 0.717) is 6.41 Å². The molecule has 0 bridgehead atoms. The van der Waals surface area contributed by atoms with Crippen LogP contribution in [0.2, 0.25) is 0 Å². The molecule has 0 saturated heterocycles. The number of nitro groups is 1. The molecule has 0 fully saturated rings. The molecule has 0 N–H and O–H groups in total. The highest BCUT2D eigenvalue weighted by atomic mass is 16.6. The van der Waals surface area contributed by atoms with Gasteiger partial charge in [0.15, 0.2) is 5.76 Å². The Balaban J connectivity index is 2.84. The standard InChI is InChI=1S/C14H16N2O4/c1-12(16(18)19)14(8-9-15(2)11-17)20-10-13-6-4-3-5-7-13/h3-9,11H,10H2,1-2H3/b9-8-,14-12-. The van der Waals surface area contributed by atoms with Crippen molar-refractivity contribution in [3.05, 3.63) is 69.7 Å². The largest absolute Gasteiger partial charge is 0.482 e. The molecule has 0 saturated carbocycles. The third kappa shape index (κ3) is 4.93. The monoisotopic (exact) mass is 276 g/mol. The van der Waals surface area contributed by atoms with Crippen molar-refractivity contribution < 1.29 is 14.5 Å². The highest BCUT2D eigenvalue weighted by Crippen LogP contribution is 2.12. The number of hydrogen-bond acceptors (Lipinski definition) is 4. The number of allylic oxidation sites excluding steroid dienone is 2. The van der Waals surface area contributed by atoms with Crippen LogP contribution in [0.15, 0.2) is 54.1 Å². The van der Waals surface area contributed by atoms with Gasteiger partial charge in [0, 0.05) is 26.2 Å². The van der Waals surface area contributed by atoms with Gasteiger partial charge in [-0.25, -0.2) is 0 Å². The quantitative estimate of drug-likeness (QED) is 0.252. The Hall–Kier alpha value is -2.63. The Labute approximate surface area is 117 Å². The molecule has 6 nitrogen and oxygen atoms in total. The predicted octanol–water partition coefficient (Wildman–Crippen LogP) is 2.31. The summed E-state index contributed by atoms with van der Waals surface area (Å²) in [5.41, 5.74) is 0.787. The molecule has 0 aliphatic heterocycles. The summed E-state index contributed by atoms with van der Waals surface area (Å²) < 4.78 is 5.45. The van der Waals surface area contributed by atoms with Gasteiger partial charge in [-0.3, -0.25) is 14.9 Å². The summed E-state index contributed by atoms with van der Waals surface area (Å²) >= 11 is 0. The Morgan fingerprint density at radius 1 is 1.40 bits per heavy atom. The number of ether oxygens (including phenoxy) is 1. The van der Waals surface area contributed by atoms with E-state index in [4.69, 9.17) is 4.74 Å². The zero-order valence-electron chi connectivity index (χ0n) is 11.4. The number of amides is 1. The van der Waals surface area contributed by atoms with Crippen molar-refractivity contribution in [2.75, 3.05) is 7.05 Å². The van der Waals surface area contributed by atoms with Crippen molar-refractivity contribution in [2.45, 2.75) is 13.5 Å². The molecule has 0 unspecified atom stereocenters. The second-order valence-corrected chi connectivity index (χ2v) is 4.07. The van der Waals surface area contributed by atoms with Crippen LogP contribution in [0.4, 0.5) is 0 Å². The normalized spacial score (nSPS) is 11.9. The molecule has 1 rings (SSSR count). The zero-order chi connectivity index (χ0) is 15.0. The maximum atomic E-state index is 10.8. The van der Waals surface area contributed by atoms with Gasteiger partial charge in [0.1, 0.15) is 6.61 Å². The summed E-state index contributed by atoms with van der Waals surface area (Å²) in [7, 11) is 1.53. The van der Waals surface area contributed by atoms with Crippen LogP contribution in [0.3, 0.4) is 0 Å². The topological polar surface area (TPSA) is 72.7 Å². The van der Waals surface area contributed by atoms with E-state index in [1.165, 1.54) is 31.1 Å². The van der Waals surface area contributed by atoms with Gasteiger partial charge in [0.2, 0.25) is 6.41 Å². The van der Waals surface area contributed by atoms with E-state index in [-0.39, 0.29) is 18.1 Å². The van der Waals surface area contributed by atoms with Gasteiger partial charge in [-0.15, -0.1) is 0 Å². The number of carbonyl (C=O) groups is 1. The molecule has 20 heavy (non-hydrogen) atoms. The lowest BCUT2D eigenvalue weighted by Crippen LogP contribution is -2.08. The van der Waals surface area contributed by atoms with Crippen LogP contribution in [0, 0.1) is 10.1 Å². The highest BCUT2D eigenvalue weighted by Gasteiger charge is 2.12. The molecule has 0 heterocycles. The average molecular weight is 276 g/mol. The maximum absolute atomic E-state index is 10.8. The van der Waals surface area contributed by atoms with Gasteiger partial charge in [-0.1, -0.05) is 30.3 Å². The molecular formula is C14H16N2O4. The fourth-order valence-corrected chi connectivity index (χ4v) is 1.32. The number of rotatable bonds is 7. The third-order valence-electron chi connectivity index (χ3n) is 2.49. The van der Waals surface area contributed by atoms with Crippen LogP contribution in [-0.4, -0.2) is 23.3 Å². The minimum absolute atomic E-state index is 0.114. The molecule has 0 radical (unpaired) electrons. The van der Waals surface area contributed by atoms with Crippen molar-refractivity contribution in [2.24, 2.45) is 0 Å². The van der Waals surface area contributed by atoms with E-state index < -0.39 is 4.92 Å². The molecule has 1 amide bonds. The minimum atomic E-state index is -0.522.